The highest BCUT2D eigenvalue weighted by Gasteiger charge is 2.46. The largest absolute Gasteiger partial charge is 0.504 e. The highest BCUT2D eigenvalue weighted by Crippen LogP contribution is 2.31. The van der Waals surface area contributed by atoms with Gasteiger partial charge in [-0.3, -0.25) is 0 Å². The van der Waals surface area contributed by atoms with Crippen LogP contribution in [0.4, 0.5) is 0 Å². The number of hydrogen-bond acceptors (Lipinski definition) is 14. The van der Waals surface area contributed by atoms with Gasteiger partial charge in [0, 0.05) is 6.08 Å². The molecule has 196 valence electrons. The third kappa shape index (κ3) is 6.07. The van der Waals surface area contributed by atoms with Crippen LogP contribution in [0.3, 0.4) is 0 Å². The van der Waals surface area contributed by atoms with Crippen molar-refractivity contribution in [3.8, 4) is 11.5 Å². The van der Waals surface area contributed by atoms with Crippen molar-refractivity contribution in [2.45, 2.75) is 61.4 Å². The zero-order valence-electron chi connectivity index (χ0n) is 18.1. The number of benzene rings is 1. The summed E-state index contributed by atoms with van der Waals surface area (Å²) in [7, 11) is 0. The lowest BCUT2D eigenvalue weighted by Gasteiger charge is -2.39. The van der Waals surface area contributed by atoms with Gasteiger partial charge >= 0.3 is 5.97 Å². The Morgan fingerprint density at radius 2 is 1.37 bits per heavy atom. The molecule has 3 rings (SSSR count). The van der Waals surface area contributed by atoms with Crippen LogP contribution in [-0.4, -0.2) is 127 Å². The summed E-state index contributed by atoms with van der Waals surface area (Å²) in [5.74, 6) is -1.62. The SMILES string of the molecule is O=C(C=Cc1ccc(O)c(O[C@H]2O[C@@H](CO)[C@H](O)[C@@H](O)[C@@H]2O)c1)O[C@@H]1O[C@@H](CO)[C@H](O)[C@H](O)[C@H]1O. The molecule has 2 aliphatic rings. The lowest BCUT2D eigenvalue weighted by molar-refractivity contribution is -0.291. The molecular formula is C21H28O14. The Kier molecular flexibility index (Phi) is 9.00. The molecule has 10 atom stereocenters. The fourth-order valence-electron chi connectivity index (χ4n) is 3.50. The van der Waals surface area contributed by atoms with E-state index in [1.807, 2.05) is 0 Å². The minimum atomic E-state index is -1.77. The number of phenols is 1. The molecule has 0 amide bonds. The van der Waals surface area contributed by atoms with Gasteiger partial charge in [0.2, 0.25) is 12.6 Å². The molecule has 0 aromatic heterocycles. The molecule has 2 heterocycles. The minimum absolute atomic E-state index is 0.223. The van der Waals surface area contributed by atoms with Gasteiger partial charge in [-0.05, 0) is 23.8 Å². The highest BCUT2D eigenvalue weighted by molar-refractivity contribution is 5.87. The molecule has 0 aliphatic carbocycles. The summed E-state index contributed by atoms with van der Waals surface area (Å²) in [5.41, 5.74) is 0.285. The van der Waals surface area contributed by atoms with Gasteiger partial charge in [0.15, 0.2) is 11.5 Å². The van der Waals surface area contributed by atoms with Crippen molar-refractivity contribution >= 4 is 12.0 Å². The van der Waals surface area contributed by atoms with Gasteiger partial charge in [-0.15, -0.1) is 0 Å². The standard InChI is InChI=1S/C21H28O14/c22-6-11-14(26)16(28)18(30)20(33-11)32-10-5-8(1-3-9(10)24)2-4-13(25)35-21-19(31)17(29)15(27)12(7-23)34-21/h1-5,11-12,14-24,26-31H,6-7H2/t11-,12-,14-,15-,16+,17-,18-,19+,20-,21-/m0/s1. The number of aliphatic hydroxyl groups excluding tert-OH is 8. The van der Waals surface area contributed by atoms with Crippen LogP contribution in [0.5, 0.6) is 11.5 Å². The Labute approximate surface area is 198 Å². The fraction of sp³-hybridized carbons (Fsp3) is 0.571. The van der Waals surface area contributed by atoms with E-state index in [9.17, 15) is 50.8 Å². The third-order valence-electron chi connectivity index (χ3n) is 5.57. The summed E-state index contributed by atoms with van der Waals surface area (Å²) in [5, 5.41) is 87.7. The average Bonchev–Trinajstić information content (AvgIpc) is 2.84. The first-order valence-corrected chi connectivity index (χ1v) is 10.6. The Bertz CT molecular complexity index is 889. The molecule has 14 nitrogen and oxygen atoms in total. The maximum atomic E-state index is 12.1. The molecule has 2 saturated heterocycles. The molecule has 0 bridgehead atoms. The maximum absolute atomic E-state index is 12.1. The highest BCUT2D eigenvalue weighted by atomic mass is 16.7. The predicted octanol–water partition coefficient (Wildman–Crippen LogP) is -4.07. The molecule has 1 aromatic carbocycles. The quantitative estimate of drug-likeness (QED) is 0.127. The van der Waals surface area contributed by atoms with Crippen LogP contribution in [0.1, 0.15) is 5.56 Å². The third-order valence-corrected chi connectivity index (χ3v) is 5.57. The molecule has 0 spiro atoms. The first kappa shape index (κ1) is 27.2. The van der Waals surface area contributed by atoms with Crippen LogP contribution in [0.2, 0.25) is 0 Å². The number of carbonyl (C=O) groups excluding carboxylic acids is 1. The van der Waals surface area contributed by atoms with Crippen molar-refractivity contribution in [1.82, 2.24) is 0 Å². The van der Waals surface area contributed by atoms with E-state index < -0.39 is 80.6 Å². The summed E-state index contributed by atoms with van der Waals surface area (Å²) in [6, 6.07) is 3.82. The number of hydrogen-bond donors (Lipinski definition) is 9. The van der Waals surface area contributed by atoms with E-state index in [1.165, 1.54) is 24.3 Å². The summed E-state index contributed by atoms with van der Waals surface area (Å²) in [6.45, 7) is -1.37. The van der Waals surface area contributed by atoms with Crippen molar-refractivity contribution in [1.29, 1.82) is 0 Å². The van der Waals surface area contributed by atoms with Crippen LogP contribution in [-0.2, 0) is 19.0 Å². The van der Waals surface area contributed by atoms with E-state index in [-0.39, 0.29) is 17.1 Å². The monoisotopic (exact) mass is 504 g/mol. The molecule has 1 aromatic rings. The Hall–Kier alpha value is -2.37. The van der Waals surface area contributed by atoms with Gasteiger partial charge in [0.25, 0.3) is 0 Å². The summed E-state index contributed by atoms with van der Waals surface area (Å²) in [4.78, 5) is 12.1. The number of ether oxygens (including phenoxy) is 4. The lowest BCUT2D eigenvalue weighted by atomic mass is 9.99. The van der Waals surface area contributed by atoms with Crippen molar-refractivity contribution in [3.05, 3.63) is 29.8 Å². The first-order chi connectivity index (χ1) is 16.6. The van der Waals surface area contributed by atoms with Gasteiger partial charge in [-0.25, -0.2) is 4.79 Å². The van der Waals surface area contributed by atoms with Crippen LogP contribution in [0.15, 0.2) is 24.3 Å². The fourth-order valence-corrected chi connectivity index (χ4v) is 3.50. The van der Waals surface area contributed by atoms with E-state index in [0.717, 1.165) is 6.08 Å². The van der Waals surface area contributed by atoms with Crippen LogP contribution >= 0.6 is 0 Å². The molecule has 0 radical (unpaired) electrons. The molecule has 2 fully saturated rings. The first-order valence-electron chi connectivity index (χ1n) is 10.6. The number of carbonyl (C=O) groups is 1. The molecule has 0 unspecified atom stereocenters. The smallest absolute Gasteiger partial charge is 0.333 e. The molecule has 14 heteroatoms. The van der Waals surface area contributed by atoms with Crippen molar-refractivity contribution in [3.63, 3.8) is 0 Å². The second kappa shape index (κ2) is 11.6. The Morgan fingerprint density at radius 3 is 1.94 bits per heavy atom. The van der Waals surface area contributed by atoms with Crippen LogP contribution in [0.25, 0.3) is 6.08 Å². The zero-order chi connectivity index (χ0) is 25.9. The topological polar surface area (TPSA) is 236 Å². The normalized spacial score (nSPS) is 37.8. The van der Waals surface area contributed by atoms with E-state index >= 15 is 0 Å². The summed E-state index contributed by atoms with van der Waals surface area (Å²) in [6.07, 6.45) is -13.6. The predicted molar refractivity (Wildman–Crippen MR) is 111 cm³/mol. The van der Waals surface area contributed by atoms with Gasteiger partial charge in [-0.1, -0.05) is 6.07 Å². The molecular weight excluding hydrogens is 476 g/mol. The maximum Gasteiger partial charge on any atom is 0.333 e. The lowest BCUT2D eigenvalue weighted by Crippen LogP contribution is -2.60. The zero-order valence-corrected chi connectivity index (χ0v) is 18.1. The second-order valence-corrected chi connectivity index (χ2v) is 8.01. The van der Waals surface area contributed by atoms with Crippen molar-refractivity contribution < 1.29 is 69.7 Å². The molecule has 2 aliphatic heterocycles. The van der Waals surface area contributed by atoms with Crippen molar-refractivity contribution in [2.24, 2.45) is 0 Å². The molecule has 9 N–H and O–H groups in total. The number of phenolic OH excluding ortho intramolecular Hbond substituents is 1. The average molecular weight is 504 g/mol. The van der Waals surface area contributed by atoms with Crippen LogP contribution < -0.4 is 4.74 Å². The van der Waals surface area contributed by atoms with Gasteiger partial charge in [0.05, 0.1) is 13.2 Å². The van der Waals surface area contributed by atoms with Crippen molar-refractivity contribution in [2.75, 3.05) is 13.2 Å². The Balaban J connectivity index is 1.66. The van der Waals surface area contributed by atoms with E-state index in [0.29, 0.717) is 0 Å². The minimum Gasteiger partial charge on any atom is -0.504 e. The number of rotatable bonds is 7. The van der Waals surface area contributed by atoms with Crippen LogP contribution in [0, 0.1) is 0 Å². The molecule has 0 saturated carbocycles. The second-order valence-electron chi connectivity index (χ2n) is 8.01. The van der Waals surface area contributed by atoms with Gasteiger partial charge < -0.3 is 64.9 Å². The number of aliphatic hydroxyl groups is 8. The van der Waals surface area contributed by atoms with E-state index in [4.69, 9.17) is 18.9 Å². The summed E-state index contributed by atoms with van der Waals surface area (Å²) >= 11 is 0. The van der Waals surface area contributed by atoms with E-state index in [1.54, 1.807) is 0 Å². The Morgan fingerprint density at radius 1 is 0.829 bits per heavy atom. The molecule has 35 heavy (non-hydrogen) atoms. The van der Waals surface area contributed by atoms with Gasteiger partial charge in [-0.2, -0.15) is 0 Å². The number of aromatic hydroxyl groups is 1. The number of esters is 1. The van der Waals surface area contributed by atoms with Gasteiger partial charge in [0.1, 0.15) is 48.8 Å². The summed E-state index contributed by atoms with van der Waals surface area (Å²) < 4.78 is 20.6. The van der Waals surface area contributed by atoms with E-state index in [2.05, 4.69) is 0 Å².